The van der Waals surface area contributed by atoms with Crippen LogP contribution in [0.25, 0.3) is 5.69 Å². The Morgan fingerprint density at radius 1 is 0.913 bits per heavy atom. The van der Waals surface area contributed by atoms with Gasteiger partial charge in [-0.1, -0.05) is 18.2 Å². The smallest absolute Gasteiger partial charge is 0.122 e. The first-order valence-corrected chi connectivity index (χ1v) is 7.38. The summed E-state index contributed by atoms with van der Waals surface area (Å²) in [7, 11) is 0. The SMILES string of the molecule is OC(COc1ccccc1)COc1ccc(-n2ccnc2)cc1. The zero-order chi connectivity index (χ0) is 15.9. The molecular weight excluding hydrogens is 292 g/mol. The molecule has 3 aromatic rings. The summed E-state index contributed by atoms with van der Waals surface area (Å²) < 4.78 is 13.0. The molecule has 0 saturated carbocycles. The predicted molar refractivity (Wildman–Crippen MR) is 87.0 cm³/mol. The van der Waals surface area contributed by atoms with Gasteiger partial charge in [-0.25, -0.2) is 4.98 Å². The highest BCUT2D eigenvalue weighted by atomic mass is 16.5. The molecule has 1 aromatic heterocycles. The lowest BCUT2D eigenvalue weighted by atomic mass is 10.3. The van der Waals surface area contributed by atoms with E-state index in [1.165, 1.54) is 0 Å². The molecule has 1 unspecified atom stereocenters. The third-order valence-corrected chi connectivity index (χ3v) is 3.27. The molecule has 0 fully saturated rings. The number of ether oxygens (including phenoxy) is 2. The number of hydrogen-bond acceptors (Lipinski definition) is 4. The van der Waals surface area contributed by atoms with Crippen LogP contribution in [0.4, 0.5) is 0 Å². The average Bonchev–Trinajstić information content (AvgIpc) is 3.14. The summed E-state index contributed by atoms with van der Waals surface area (Å²) in [6, 6.07) is 17.0. The first-order valence-electron chi connectivity index (χ1n) is 7.38. The van der Waals surface area contributed by atoms with Gasteiger partial charge in [0.25, 0.3) is 0 Å². The van der Waals surface area contributed by atoms with E-state index in [4.69, 9.17) is 9.47 Å². The van der Waals surface area contributed by atoms with Crippen molar-refractivity contribution in [3.63, 3.8) is 0 Å². The summed E-state index contributed by atoms with van der Waals surface area (Å²) in [5.41, 5.74) is 1.00. The van der Waals surface area contributed by atoms with E-state index < -0.39 is 6.10 Å². The van der Waals surface area contributed by atoms with Gasteiger partial charge in [0, 0.05) is 18.1 Å². The molecule has 5 heteroatoms. The number of imidazole rings is 1. The standard InChI is InChI=1S/C18H18N2O3/c21-16(12-22-17-4-2-1-3-5-17)13-23-18-8-6-15(7-9-18)20-11-10-19-14-20/h1-11,14,16,21H,12-13H2. The lowest BCUT2D eigenvalue weighted by Gasteiger charge is -2.14. The van der Waals surface area contributed by atoms with E-state index in [0.29, 0.717) is 5.75 Å². The molecule has 0 saturated heterocycles. The summed E-state index contributed by atoms with van der Waals surface area (Å²) in [6.45, 7) is 0.369. The minimum absolute atomic E-state index is 0.178. The molecule has 1 atom stereocenters. The van der Waals surface area contributed by atoms with E-state index in [0.717, 1.165) is 11.4 Å². The van der Waals surface area contributed by atoms with Gasteiger partial charge in [-0.05, 0) is 36.4 Å². The highest BCUT2D eigenvalue weighted by Gasteiger charge is 2.07. The van der Waals surface area contributed by atoms with E-state index in [1.807, 2.05) is 65.4 Å². The van der Waals surface area contributed by atoms with Gasteiger partial charge < -0.3 is 19.1 Å². The zero-order valence-electron chi connectivity index (χ0n) is 12.6. The summed E-state index contributed by atoms with van der Waals surface area (Å²) in [6.07, 6.45) is 4.65. The Morgan fingerprint density at radius 2 is 1.57 bits per heavy atom. The maximum atomic E-state index is 9.91. The largest absolute Gasteiger partial charge is 0.491 e. The lowest BCUT2D eigenvalue weighted by molar-refractivity contribution is 0.0626. The van der Waals surface area contributed by atoms with Crippen LogP contribution in [-0.4, -0.2) is 34.0 Å². The molecular formula is C18H18N2O3. The highest BCUT2D eigenvalue weighted by molar-refractivity contribution is 5.37. The molecule has 5 nitrogen and oxygen atoms in total. The monoisotopic (exact) mass is 310 g/mol. The Morgan fingerprint density at radius 3 is 2.17 bits per heavy atom. The predicted octanol–water partition coefficient (Wildman–Crippen LogP) is 2.69. The molecule has 0 aliphatic heterocycles. The van der Waals surface area contributed by atoms with Gasteiger partial charge in [-0.3, -0.25) is 0 Å². The summed E-state index contributed by atoms with van der Waals surface area (Å²) >= 11 is 0. The van der Waals surface area contributed by atoms with Gasteiger partial charge in [-0.15, -0.1) is 0 Å². The maximum absolute atomic E-state index is 9.91. The second-order valence-corrected chi connectivity index (χ2v) is 5.05. The van der Waals surface area contributed by atoms with E-state index in [9.17, 15) is 5.11 Å². The van der Waals surface area contributed by atoms with Crippen LogP contribution in [0.5, 0.6) is 11.5 Å². The zero-order valence-corrected chi connectivity index (χ0v) is 12.6. The van der Waals surface area contributed by atoms with Crippen LogP contribution in [0.1, 0.15) is 0 Å². The van der Waals surface area contributed by atoms with Crippen molar-refractivity contribution in [2.45, 2.75) is 6.10 Å². The van der Waals surface area contributed by atoms with Gasteiger partial charge in [-0.2, -0.15) is 0 Å². The summed E-state index contributed by atoms with van der Waals surface area (Å²) in [4.78, 5) is 4.01. The second-order valence-electron chi connectivity index (χ2n) is 5.05. The van der Waals surface area contributed by atoms with Gasteiger partial charge >= 0.3 is 0 Å². The van der Waals surface area contributed by atoms with Crippen LogP contribution >= 0.6 is 0 Å². The fraction of sp³-hybridized carbons (Fsp3) is 0.167. The number of aliphatic hydroxyl groups is 1. The second kappa shape index (κ2) is 7.47. The lowest BCUT2D eigenvalue weighted by Crippen LogP contribution is -2.25. The number of aromatic nitrogens is 2. The number of aliphatic hydroxyl groups excluding tert-OH is 1. The molecule has 0 spiro atoms. The van der Waals surface area contributed by atoms with Crippen molar-refractivity contribution in [1.82, 2.24) is 9.55 Å². The fourth-order valence-corrected chi connectivity index (χ4v) is 2.08. The molecule has 0 radical (unpaired) electrons. The van der Waals surface area contributed by atoms with Crippen molar-refractivity contribution in [1.29, 1.82) is 0 Å². The molecule has 0 bridgehead atoms. The first-order chi connectivity index (χ1) is 11.3. The minimum atomic E-state index is -0.691. The van der Waals surface area contributed by atoms with Crippen molar-refractivity contribution in [2.24, 2.45) is 0 Å². The molecule has 0 aliphatic carbocycles. The molecule has 1 heterocycles. The minimum Gasteiger partial charge on any atom is -0.491 e. The fourth-order valence-electron chi connectivity index (χ4n) is 2.08. The van der Waals surface area contributed by atoms with E-state index in [1.54, 1.807) is 12.5 Å². The average molecular weight is 310 g/mol. The Hall–Kier alpha value is -2.79. The molecule has 0 aliphatic rings. The Balaban J connectivity index is 1.46. The van der Waals surface area contributed by atoms with Crippen LogP contribution in [0.15, 0.2) is 73.3 Å². The van der Waals surface area contributed by atoms with Crippen molar-refractivity contribution in [3.05, 3.63) is 73.3 Å². The van der Waals surface area contributed by atoms with Crippen LogP contribution in [0.3, 0.4) is 0 Å². The van der Waals surface area contributed by atoms with Crippen LogP contribution in [0, 0.1) is 0 Å². The molecule has 1 N–H and O–H groups in total. The Labute approximate surface area is 134 Å². The van der Waals surface area contributed by atoms with Crippen molar-refractivity contribution < 1.29 is 14.6 Å². The van der Waals surface area contributed by atoms with Gasteiger partial charge in [0.15, 0.2) is 0 Å². The molecule has 0 amide bonds. The van der Waals surface area contributed by atoms with Crippen molar-refractivity contribution >= 4 is 0 Å². The van der Waals surface area contributed by atoms with Crippen molar-refractivity contribution in [2.75, 3.05) is 13.2 Å². The highest BCUT2D eigenvalue weighted by Crippen LogP contribution is 2.15. The van der Waals surface area contributed by atoms with Gasteiger partial charge in [0.1, 0.15) is 30.8 Å². The molecule has 2 aromatic carbocycles. The topological polar surface area (TPSA) is 56.5 Å². The third-order valence-electron chi connectivity index (χ3n) is 3.27. The number of hydrogen-bond donors (Lipinski definition) is 1. The summed E-state index contributed by atoms with van der Waals surface area (Å²) in [5.74, 6) is 1.43. The number of para-hydroxylation sites is 1. The maximum Gasteiger partial charge on any atom is 0.122 e. The Bertz CT molecular complexity index is 697. The summed E-state index contributed by atoms with van der Waals surface area (Å²) in [5, 5.41) is 9.91. The van der Waals surface area contributed by atoms with Gasteiger partial charge in [0.2, 0.25) is 0 Å². The molecule has 23 heavy (non-hydrogen) atoms. The van der Waals surface area contributed by atoms with Crippen LogP contribution in [-0.2, 0) is 0 Å². The van der Waals surface area contributed by atoms with E-state index in [2.05, 4.69) is 4.98 Å². The number of rotatable bonds is 7. The number of benzene rings is 2. The van der Waals surface area contributed by atoms with Gasteiger partial charge in [0.05, 0.1) is 6.33 Å². The quantitative estimate of drug-likeness (QED) is 0.729. The first kappa shape index (κ1) is 15.1. The van der Waals surface area contributed by atoms with E-state index >= 15 is 0 Å². The molecule has 118 valence electrons. The molecule has 3 rings (SSSR count). The van der Waals surface area contributed by atoms with Crippen LogP contribution in [0.2, 0.25) is 0 Å². The van der Waals surface area contributed by atoms with Crippen molar-refractivity contribution in [3.8, 4) is 17.2 Å². The normalized spacial score (nSPS) is 11.9. The third kappa shape index (κ3) is 4.34. The Kier molecular flexibility index (Phi) is 4.91. The van der Waals surface area contributed by atoms with Crippen LogP contribution < -0.4 is 9.47 Å². The number of nitrogens with zero attached hydrogens (tertiary/aromatic N) is 2. The van der Waals surface area contributed by atoms with E-state index in [-0.39, 0.29) is 13.2 Å².